The van der Waals surface area contributed by atoms with Gasteiger partial charge in [0.05, 0.1) is 12.0 Å². The van der Waals surface area contributed by atoms with E-state index >= 15 is 0 Å². The van der Waals surface area contributed by atoms with Crippen molar-refractivity contribution < 1.29 is 9.66 Å². The highest BCUT2D eigenvalue weighted by molar-refractivity contribution is 5.57. The van der Waals surface area contributed by atoms with E-state index in [0.29, 0.717) is 11.8 Å². The van der Waals surface area contributed by atoms with Crippen LogP contribution in [0.2, 0.25) is 0 Å². The van der Waals surface area contributed by atoms with E-state index in [1.807, 2.05) is 19.0 Å². The molecular weight excluding hydrogens is 260 g/mol. The molecule has 0 bridgehead atoms. The minimum atomic E-state index is -0.443. The number of ether oxygens (including phenoxy) is 1. The Bertz CT molecular complexity index is 463. The van der Waals surface area contributed by atoms with Crippen LogP contribution in [0.5, 0.6) is 5.88 Å². The highest BCUT2D eigenvalue weighted by Crippen LogP contribution is 2.26. The molecule has 20 heavy (non-hydrogen) atoms. The fourth-order valence-corrected chi connectivity index (χ4v) is 1.79. The van der Waals surface area contributed by atoms with E-state index in [1.54, 1.807) is 0 Å². The third kappa shape index (κ3) is 4.34. The fourth-order valence-electron chi connectivity index (χ4n) is 1.79. The minimum absolute atomic E-state index is 0.0461. The Balaban J connectivity index is 3.05. The van der Waals surface area contributed by atoms with Crippen LogP contribution in [0, 0.1) is 16.0 Å². The maximum absolute atomic E-state index is 11.1. The fraction of sp³-hybridized carbons (Fsp3) is 0.615. The molecule has 0 aliphatic heterocycles. The molecule has 0 saturated carbocycles. The Morgan fingerprint density at radius 3 is 2.55 bits per heavy atom. The summed E-state index contributed by atoms with van der Waals surface area (Å²) in [6.45, 7) is 4.88. The normalized spacial score (nSPS) is 12.6. The van der Waals surface area contributed by atoms with Gasteiger partial charge >= 0.3 is 5.69 Å². The first kappa shape index (κ1) is 16.2. The van der Waals surface area contributed by atoms with Crippen LogP contribution in [0.15, 0.2) is 12.1 Å². The molecule has 112 valence electrons. The molecule has 1 atom stereocenters. The van der Waals surface area contributed by atoms with Gasteiger partial charge in [-0.3, -0.25) is 10.1 Å². The van der Waals surface area contributed by atoms with E-state index in [2.05, 4.69) is 24.1 Å². The first-order valence-electron chi connectivity index (χ1n) is 6.45. The molecule has 1 heterocycles. The molecule has 1 aromatic heterocycles. The highest BCUT2D eigenvalue weighted by Gasteiger charge is 2.22. The molecule has 1 unspecified atom stereocenters. The first-order chi connectivity index (χ1) is 9.35. The van der Waals surface area contributed by atoms with Crippen LogP contribution < -0.4 is 10.1 Å². The minimum Gasteiger partial charge on any atom is -0.481 e. The summed E-state index contributed by atoms with van der Waals surface area (Å²) in [5.41, 5.74) is -0.0461. The lowest BCUT2D eigenvalue weighted by Gasteiger charge is -2.26. The third-order valence-corrected chi connectivity index (χ3v) is 2.94. The maximum atomic E-state index is 11.1. The van der Waals surface area contributed by atoms with Crippen molar-refractivity contribution in [3.05, 3.63) is 22.2 Å². The number of likely N-dealkylation sites (N-methyl/N-ethyl adjacent to an activating group) is 1. The average molecular weight is 282 g/mol. The Morgan fingerprint density at radius 2 is 2.10 bits per heavy atom. The molecule has 0 aromatic carbocycles. The van der Waals surface area contributed by atoms with Crippen molar-refractivity contribution in [1.82, 2.24) is 9.88 Å². The van der Waals surface area contributed by atoms with Crippen molar-refractivity contribution in [2.75, 3.05) is 33.1 Å². The molecule has 7 nitrogen and oxygen atoms in total. The van der Waals surface area contributed by atoms with Crippen LogP contribution in [-0.2, 0) is 0 Å². The molecule has 0 aliphatic carbocycles. The third-order valence-electron chi connectivity index (χ3n) is 2.94. The number of nitro groups is 1. The molecule has 1 N–H and O–H groups in total. The summed E-state index contributed by atoms with van der Waals surface area (Å²) in [5, 5.41) is 14.2. The number of anilines is 1. The summed E-state index contributed by atoms with van der Waals surface area (Å²) in [4.78, 5) is 16.8. The van der Waals surface area contributed by atoms with Crippen LogP contribution in [-0.4, -0.2) is 48.6 Å². The van der Waals surface area contributed by atoms with Crippen molar-refractivity contribution >= 4 is 11.5 Å². The quantitative estimate of drug-likeness (QED) is 0.608. The van der Waals surface area contributed by atoms with E-state index in [9.17, 15) is 10.1 Å². The van der Waals surface area contributed by atoms with Gasteiger partial charge in [-0.15, -0.1) is 0 Å². The van der Waals surface area contributed by atoms with Crippen molar-refractivity contribution in [2.45, 2.75) is 19.9 Å². The summed E-state index contributed by atoms with van der Waals surface area (Å²) >= 11 is 0. The van der Waals surface area contributed by atoms with Gasteiger partial charge in [-0.2, -0.15) is 4.98 Å². The lowest BCUT2D eigenvalue weighted by molar-refractivity contribution is -0.384. The van der Waals surface area contributed by atoms with Crippen LogP contribution in [0.1, 0.15) is 13.8 Å². The largest absolute Gasteiger partial charge is 0.481 e. The topological polar surface area (TPSA) is 80.5 Å². The van der Waals surface area contributed by atoms with Gasteiger partial charge in [-0.05, 0) is 20.0 Å². The number of rotatable bonds is 7. The monoisotopic (exact) mass is 282 g/mol. The van der Waals surface area contributed by atoms with Gasteiger partial charge in [0.25, 0.3) is 0 Å². The number of pyridine rings is 1. The molecule has 0 amide bonds. The van der Waals surface area contributed by atoms with E-state index in [0.717, 1.165) is 6.54 Å². The Morgan fingerprint density at radius 1 is 1.45 bits per heavy atom. The van der Waals surface area contributed by atoms with Crippen molar-refractivity contribution in [1.29, 1.82) is 0 Å². The van der Waals surface area contributed by atoms with E-state index in [-0.39, 0.29) is 17.5 Å². The average Bonchev–Trinajstić information content (AvgIpc) is 2.36. The van der Waals surface area contributed by atoms with E-state index in [1.165, 1.54) is 19.2 Å². The zero-order valence-electron chi connectivity index (χ0n) is 12.6. The van der Waals surface area contributed by atoms with E-state index in [4.69, 9.17) is 4.74 Å². The zero-order valence-corrected chi connectivity index (χ0v) is 12.6. The molecular formula is C13H22N4O3. The molecule has 0 radical (unpaired) electrons. The van der Waals surface area contributed by atoms with Crippen molar-refractivity contribution in [3.8, 4) is 5.88 Å². The number of nitrogens with zero attached hydrogens (tertiary/aromatic N) is 3. The molecule has 1 rings (SSSR count). The molecule has 0 saturated heterocycles. The molecule has 1 aromatic rings. The maximum Gasteiger partial charge on any atom is 0.311 e. The van der Waals surface area contributed by atoms with Gasteiger partial charge in [0.2, 0.25) is 11.7 Å². The summed E-state index contributed by atoms with van der Waals surface area (Å²) < 4.78 is 5.03. The predicted molar refractivity (Wildman–Crippen MR) is 78.2 cm³/mol. The van der Waals surface area contributed by atoms with Gasteiger partial charge in [0.1, 0.15) is 0 Å². The van der Waals surface area contributed by atoms with Gasteiger partial charge in [-0.1, -0.05) is 13.8 Å². The molecule has 0 fully saturated rings. The van der Waals surface area contributed by atoms with Gasteiger partial charge in [0, 0.05) is 24.7 Å². The van der Waals surface area contributed by atoms with E-state index < -0.39 is 4.92 Å². The number of nitrogens with one attached hydrogen (secondary N) is 1. The summed E-state index contributed by atoms with van der Waals surface area (Å²) in [6.07, 6.45) is 0. The second-order valence-corrected chi connectivity index (χ2v) is 5.24. The zero-order chi connectivity index (χ0) is 15.3. The van der Waals surface area contributed by atoms with Gasteiger partial charge in [-0.25, -0.2) is 0 Å². The summed E-state index contributed by atoms with van der Waals surface area (Å²) in [6, 6.07) is 2.95. The molecule has 0 spiro atoms. The SMILES string of the molecule is COc1ccc([N+](=O)[O-])c(NC(CN(C)C)C(C)C)n1. The van der Waals surface area contributed by atoms with Crippen LogP contribution in [0.4, 0.5) is 11.5 Å². The second-order valence-electron chi connectivity index (χ2n) is 5.24. The standard InChI is InChI=1S/C13H22N4O3/c1-9(2)10(8-16(3)4)14-13-11(17(18)19)6-7-12(15-13)20-5/h6-7,9-10H,8H2,1-5H3,(H,14,15). The molecule has 0 aliphatic rings. The smallest absolute Gasteiger partial charge is 0.311 e. The molecule has 7 heteroatoms. The lowest BCUT2D eigenvalue weighted by atomic mass is 10.0. The number of hydrogen-bond donors (Lipinski definition) is 1. The van der Waals surface area contributed by atoms with Gasteiger partial charge in [0.15, 0.2) is 0 Å². The summed E-state index contributed by atoms with van der Waals surface area (Å²) in [7, 11) is 5.41. The Labute approximate surface area is 119 Å². The second kappa shape index (κ2) is 7.04. The van der Waals surface area contributed by atoms with Gasteiger partial charge < -0.3 is 15.0 Å². The van der Waals surface area contributed by atoms with Crippen molar-refractivity contribution in [3.63, 3.8) is 0 Å². The number of methoxy groups -OCH3 is 1. The first-order valence-corrected chi connectivity index (χ1v) is 6.45. The van der Waals surface area contributed by atoms with Crippen LogP contribution >= 0.6 is 0 Å². The van der Waals surface area contributed by atoms with Crippen LogP contribution in [0.3, 0.4) is 0 Å². The lowest BCUT2D eigenvalue weighted by Crippen LogP contribution is -2.36. The Kier molecular flexibility index (Phi) is 5.69. The summed E-state index contributed by atoms with van der Waals surface area (Å²) in [5.74, 6) is 0.908. The van der Waals surface area contributed by atoms with Crippen molar-refractivity contribution in [2.24, 2.45) is 5.92 Å². The number of aromatic nitrogens is 1. The van der Waals surface area contributed by atoms with Crippen LogP contribution in [0.25, 0.3) is 0 Å². The number of hydrogen-bond acceptors (Lipinski definition) is 6. The highest BCUT2D eigenvalue weighted by atomic mass is 16.6. The Hall–Kier alpha value is -1.89. The predicted octanol–water partition coefficient (Wildman–Crippen LogP) is 2.00.